The molecule has 2 unspecified atom stereocenters. The van der Waals surface area contributed by atoms with Gasteiger partial charge >= 0.3 is 11.9 Å². The zero-order chi connectivity index (χ0) is 16.2. The number of rotatable bonds is 10. The van der Waals surface area contributed by atoms with Gasteiger partial charge in [-0.15, -0.1) is 0 Å². The molecular weight excluding hydrogens is 318 g/mol. The third-order valence-corrected chi connectivity index (χ3v) is 4.70. The molecule has 0 saturated carbocycles. The lowest BCUT2D eigenvalue weighted by Crippen LogP contribution is -2.04. The molecule has 1 aromatic rings. The summed E-state index contributed by atoms with van der Waals surface area (Å²) in [6.45, 7) is 4.20. The summed E-state index contributed by atoms with van der Waals surface area (Å²) in [4.78, 5) is 23.8. The molecule has 0 heterocycles. The summed E-state index contributed by atoms with van der Waals surface area (Å²) in [5, 5.41) is 0. The van der Waals surface area contributed by atoms with E-state index >= 15 is 0 Å². The van der Waals surface area contributed by atoms with Crippen LogP contribution in [0.25, 0.3) is 0 Å². The van der Waals surface area contributed by atoms with Crippen molar-refractivity contribution in [3.63, 3.8) is 0 Å². The highest BCUT2D eigenvalue weighted by molar-refractivity contribution is 7.33. The third kappa shape index (κ3) is 7.33. The van der Waals surface area contributed by atoms with Gasteiger partial charge in [-0.25, -0.2) is 9.59 Å². The number of benzene rings is 1. The maximum Gasteiger partial charge on any atom is 0.340 e. The van der Waals surface area contributed by atoms with E-state index in [4.69, 9.17) is 9.05 Å². The number of hydrogen-bond acceptors (Lipinski definition) is 4. The summed E-state index contributed by atoms with van der Waals surface area (Å²) in [5.74, 6) is -0.755. The zero-order valence-corrected chi connectivity index (χ0v) is 15.2. The maximum atomic E-state index is 11.9. The van der Waals surface area contributed by atoms with Gasteiger partial charge in [-0.2, -0.15) is 0 Å². The Morgan fingerprint density at radius 3 is 1.77 bits per heavy atom. The topological polar surface area (TPSA) is 52.6 Å². The second-order valence-corrected chi connectivity index (χ2v) is 6.84. The van der Waals surface area contributed by atoms with Crippen molar-refractivity contribution >= 4 is 29.6 Å². The van der Waals surface area contributed by atoms with E-state index in [9.17, 15) is 9.59 Å². The van der Waals surface area contributed by atoms with Crippen LogP contribution in [0.1, 0.15) is 60.2 Å². The molecule has 1 rings (SSSR count). The lowest BCUT2D eigenvalue weighted by molar-refractivity contribution is 0.0759. The van der Waals surface area contributed by atoms with E-state index in [0.29, 0.717) is 11.1 Å². The molecule has 0 aliphatic carbocycles. The highest BCUT2D eigenvalue weighted by atomic mass is 31.1. The van der Waals surface area contributed by atoms with E-state index in [1.54, 1.807) is 24.3 Å². The summed E-state index contributed by atoms with van der Waals surface area (Å²) in [5.41, 5.74) is 0.797. The van der Waals surface area contributed by atoms with Crippen molar-refractivity contribution in [1.29, 1.82) is 0 Å². The largest absolute Gasteiger partial charge is 0.445 e. The first-order chi connectivity index (χ1) is 10.7. The van der Waals surface area contributed by atoms with Crippen LogP contribution in [0.5, 0.6) is 0 Å². The average molecular weight is 342 g/mol. The van der Waals surface area contributed by atoms with Gasteiger partial charge in [0.15, 0.2) is 0 Å². The Labute approximate surface area is 136 Å². The quantitative estimate of drug-likeness (QED) is 0.453. The molecule has 0 amide bonds. The van der Waals surface area contributed by atoms with E-state index in [1.165, 1.54) is 0 Å². The average Bonchev–Trinajstić information content (AvgIpc) is 2.55. The third-order valence-electron chi connectivity index (χ3n) is 2.93. The predicted molar refractivity (Wildman–Crippen MR) is 93.5 cm³/mol. The molecule has 2 atom stereocenters. The summed E-state index contributed by atoms with van der Waals surface area (Å²) in [6, 6.07) is 6.53. The molecule has 122 valence electrons. The number of carbonyl (C=O) groups is 2. The molecule has 1 aromatic carbocycles. The number of carbonyl (C=O) groups excluding carboxylic acids is 2. The van der Waals surface area contributed by atoms with Crippen LogP contribution in [0.3, 0.4) is 0 Å². The number of hydrogen-bond donors (Lipinski definition) is 0. The van der Waals surface area contributed by atoms with Gasteiger partial charge in [0, 0.05) is 12.3 Å². The van der Waals surface area contributed by atoms with Gasteiger partial charge < -0.3 is 9.05 Å². The molecule has 0 aliphatic heterocycles. The van der Waals surface area contributed by atoms with Gasteiger partial charge in [-0.3, -0.25) is 0 Å². The van der Waals surface area contributed by atoms with Gasteiger partial charge in [0.2, 0.25) is 0 Å². The molecule has 22 heavy (non-hydrogen) atoms. The Hall–Kier alpha value is -0.980. The Morgan fingerprint density at radius 2 is 1.36 bits per heavy atom. The van der Waals surface area contributed by atoms with Crippen LogP contribution < -0.4 is 0 Å². The van der Waals surface area contributed by atoms with E-state index in [-0.39, 0.29) is 29.6 Å². The van der Waals surface area contributed by atoms with Crippen molar-refractivity contribution in [2.24, 2.45) is 0 Å². The maximum absolute atomic E-state index is 11.9. The summed E-state index contributed by atoms with van der Waals surface area (Å²) < 4.78 is 10.4. The number of unbranched alkanes of at least 4 members (excludes halogenated alkanes) is 2. The first kappa shape index (κ1) is 19.1. The highest BCUT2D eigenvalue weighted by Crippen LogP contribution is 2.20. The van der Waals surface area contributed by atoms with Gasteiger partial charge in [0.05, 0.1) is 28.7 Å². The van der Waals surface area contributed by atoms with E-state index < -0.39 is 0 Å². The van der Waals surface area contributed by atoms with Crippen LogP contribution in [0.15, 0.2) is 24.3 Å². The summed E-state index contributed by atoms with van der Waals surface area (Å²) in [7, 11) is 0.344. The smallest absolute Gasteiger partial charge is 0.340 e. The zero-order valence-electron chi connectivity index (χ0n) is 13.2. The van der Waals surface area contributed by atoms with Crippen LogP contribution in [-0.2, 0) is 9.05 Å². The molecule has 0 spiro atoms. The van der Waals surface area contributed by atoms with Crippen LogP contribution in [0.4, 0.5) is 0 Å². The minimum absolute atomic E-state index is 0.172. The highest BCUT2D eigenvalue weighted by Gasteiger charge is 2.12. The Morgan fingerprint density at radius 1 is 0.909 bits per heavy atom. The second-order valence-electron chi connectivity index (χ2n) is 4.86. The van der Waals surface area contributed by atoms with Gasteiger partial charge in [-0.1, -0.05) is 32.8 Å². The SMILES string of the molecule is CCCCPOC(=O)c1cccc(C(=O)OPCCCC)c1. The van der Waals surface area contributed by atoms with Gasteiger partial charge in [0.25, 0.3) is 0 Å². The molecule has 6 heteroatoms. The van der Waals surface area contributed by atoms with Gasteiger partial charge in [0.1, 0.15) is 0 Å². The molecule has 0 radical (unpaired) electrons. The van der Waals surface area contributed by atoms with Crippen molar-refractivity contribution < 1.29 is 18.6 Å². The Balaban J connectivity index is 2.50. The molecule has 0 bridgehead atoms. The first-order valence-corrected chi connectivity index (χ1v) is 9.90. The van der Waals surface area contributed by atoms with Crippen LogP contribution >= 0.6 is 17.6 Å². The van der Waals surface area contributed by atoms with Crippen molar-refractivity contribution in [2.45, 2.75) is 39.5 Å². The molecule has 0 aromatic heterocycles. The normalized spacial score (nSPS) is 11.4. The van der Waals surface area contributed by atoms with Crippen LogP contribution in [0.2, 0.25) is 0 Å². The Kier molecular flexibility index (Phi) is 10.0. The molecule has 0 N–H and O–H groups in total. The summed E-state index contributed by atoms with van der Waals surface area (Å²) in [6.07, 6.45) is 6.06. The minimum Gasteiger partial charge on any atom is -0.445 e. The van der Waals surface area contributed by atoms with Crippen molar-refractivity contribution in [3.05, 3.63) is 35.4 Å². The molecule has 0 fully saturated rings. The molecule has 4 nitrogen and oxygen atoms in total. The van der Waals surface area contributed by atoms with Gasteiger partial charge in [-0.05, 0) is 31.0 Å². The molecule has 0 aliphatic rings. The molecular formula is C16H24O4P2. The van der Waals surface area contributed by atoms with Crippen LogP contribution in [0, 0.1) is 0 Å². The standard InChI is InChI=1S/C16H24O4P2/c1-3-5-10-21-19-15(17)13-8-7-9-14(12-13)16(18)20-22-11-6-4-2/h7-9,12,21-22H,3-6,10-11H2,1-2H3. The van der Waals surface area contributed by atoms with Crippen molar-refractivity contribution in [3.8, 4) is 0 Å². The minimum atomic E-state index is -0.377. The lowest BCUT2D eigenvalue weighted by atomic mass is 10.1. The van der Waals surface area contributed by atoms with E-state index in [2.05, 4.69) is 13.8 Å². The lowest BCUT2D eigenvalue weighted by Gasteiger charge is -2.06. The van der Waals surface area contributed by atoms with E-state index in [0.717, 1.165) is 38.0 Å². The summed E-state index contributed by atoms with van der Waals surface area (Å²) >= 11 is 0. The fraction of sp³-hybridized carbons (Fsp3) is 0.500. The fourth-order valence-corrected chi connectivity index (χ4v) is 3.32. The van der Waals surface area contributed by atoms with Crippen molar-refractivity contribution in [2.75, 3.05) is 12.3 Å². The fourth-order valence-electron chi connectivity index (χ4n) is 1.62. The molecule has 0 saturated heterocycles. The predicted octanol–water partition coefficient (Wildman–Crippen LogP) is 4.79. The van der Waals surface area contributed by atoms with Crippen LogP contribution in [-0.4, -0.2) is 24.3 Å². The monoisotopic (exact) mass is 342 g/mol. The van der Waals surface area contributed by atoms with E-state index in [1.807, 2.05) is 0 Å². The second kappa shape index (κ2) is 11.6. The van der Waals surface area contributed by atoms with Crippen molar-refractivity contribution in [1.82, 2.24) is 0 Å². The first-order valence-electron chi connectivity index (χ1n) is 7.67. The Bertz CT molecular complexity index is 438.